The zero-order valence-corrected chi connectivity index (χ0v) is 11.8. The van der Waals surface area contributed by atoms with Crippen LogP contribution < -0.4 is 0 Å². The Morgan fingerprint density at radius 2 is 1.84 bits per heavy atom. The van der Waals surface area contributed by atoms with E-state index in [0.29, 0.717) is 16.8 Å². The number of ketones is 1. The first kappa shape index (κ1) is 12.1. The van der Waals surface area contributed by atoms with Gasteiger partial charge >= 0.3 is 0 Å². The SMILES string of the molecule is Cc1ccccc1C1=[N+]([O-])c2cc(Br)ccc2C1=O. The smallest absolute Gasteiger partial charge is 0.273 e. The molecule has 4 heteroatoms. The predicted octanol–water partition coefficient (Wildman–Crippen LogP) is 3.58. The maximum Gasteiger partial charge on any atom is 0.273 e. The minimum absolute atomic E-state index is 0.200. The van der Waals surface area contributed by atoms with Crippen LogP contribution in [0.2, 0.25) is 0 Å². The molecule has 1 heterocycles. The molecule has 0 radical (unpaired) electrons. The molecule has 0 spiro atoms. The van der Waals surface area contributed by atoms with Crippen LogP contribution in [0, 0.1) is 12.1 Å². The van der Waals surface area contributed by atoms with Gasteiger partial charge in [-0.2, -0.15) is 4.74 Å². The van der Waals surface area contributed by atoms with E-state index in [0.717, 1.165) is 14.8 Å². The van der Waals surface area contributed by atoms with Gasteiger partial charge in [0.25, 0.3) is 11.5 Å². The Hall–Kier alpha value is -1.94. The van der Waals surface area contributed by atoms with Crippen LogP contribution in [0.25, 0.3) is 0 Å². The van der Waals surface area contributed by atoms with Crippen molar-refractivity contribution in [2.45, 2.75) is 6.92 Å². The van der Waals surface area contributed by atoms with Gasteiger partial charge in [-0.3, -0.25) is 4.79 Å². The van der Waals surface area contributed by atoms with Crippen molar-refractivity contribution in [3.05, 3.63) is 68.8 Å². The van der Waals surface area contributed by atoms with Crippen molar-refractivity contribution < 1.29 is 9.53 Å². The van der Waals surface area contributed by atoms with E-state index in [2.05, 4.69) is 15.9 Å². The third-order valence-electron chi connectivity index (χ3n) is 3.24. The van der Waals surface area contributed by atoms with Gasteiger partial charge in [0.1, 0.15) is 5.56 Å². The molecule has 3 rings (SSSR count). The molecule has 0 saturated heterocycles. The summed E-state index contributed by atoms with van der Waals surface area (Å²) in [6.07, 6.45) is 0. The Bertz CT molecular complexity index is 735. The highest BCUT2D eigenvalue weighted by Crippen LogP contribution is 2.31. The second-order valence-corrected chi connectivity index (χ2v) is 5.36. The van der Waals surface area contributed by atoms with Gasteiger partial charge in [0.05, 0.1) is 5.56 Å². The van der Waals surface area contributed by atoms with Crippen LogP contribution in [-0.2, 0) is 0 Å². The lowest BCUT2D eigenvalue weighted by Gasteiger charge is -2.04. The van der Waals surface area contributed by atoms with Crippen LogP contribution in [0.5, 0.6) is 0 Å². The molecule has 1 aliphatic heterocycles. The van der Waals surface area contributed by atoms with Crippen molar-refractivity contribution >= 4 is 33.1 Å². The van der Waals surface area contributed by atoms with Crippen molar-refractivity contribution in [2.24, 2.45) is 0 Å². The van der Waals surface area contributed by atoms with E-state index >= 15 is 0 Å². The Labute approximate surface area is 118 Å². The highest BCUT2D eigenvalue weighted by Gasteiger charge is 2.37. The fourth-order valence-corrected chi connectivity index (χ4v) is 2.62. The van der Waals surface area contributed by atoms with Gasteiger partial charge < -0.3 is 5.21 Å². The molecule has 0 aromatic heterocycles. The predicted molar refractivity (Wildman–Crippen MR) is 77.0 cm³/mol. The molecule has 0 atom stereocenters. The van der Waals surface area contributed by atoms with E-state index in [1.807, 2.05) is 25.1 Å². The summed E-state index contributed by atoms with van der Waals surface area (Å²) in [5.41, 5.74) is 2.66. The monoisotopic (exact) mass is 315 g/mol. The number of aryl methyl sites for hydroxylation is 1. The van der Waals surface area contributed by atoms with Crippen LogP contribution in [0.15, 0.2) is 46.9 Å². The molecule has 0 aliphatic carbocycles. The maximum atomic E-state index is 12.4. The lowest BCUT2D eigenvalue weighted by atomic mass is 9.99. The number of hydrogen-bond acceptors (Lipinski definition) is 2. The average molecular weight is 316 g/mol. The highest BCUT2D eigenvalue weighted by molar-refractivity contribution is 9.10. The molecule has 94 valence electrons. The molecule has 0 unspecified atom stereocenters. The van der Waals surface area contributed by atoms with Crippen LogP contribution in [-0.4, -0.2) is 16.2 Å². The number of rotatable bonds is 1. The third-order valence-corrected chi connectivity index (χ3v) is 3.73. The van der Waals surface area contributed by atoms with Crippen molar-refractivity contribution in [1.82, 2.24) is 0 Å². The molecule has 0 fully saturated rings. The van der Waals surface area contributed by atoms with Gasteiger partial charge in [-0.15, -0.1) is 0 Å². The summed E-state index contributed by atoms with van der Waals surface area (Å²) in [5.74, 6) is -0.216. The number of carbonyl (C=O) groups is 1. The molecule has 0 bridgehead atoms. The number of carbonyl (C=O) groups excluding carboxylic acids is 1. The summed E-state index contributed by atoms with van der Waals surface area (Å²) < 4.78 is 1.51. The van der Waals surface area contributed by atoms with Crippen molar-refractivity contribution in [1.29, 1.82) is 0 Å². The summed E-state index contributed by atoms with van der Waals surface area (Å²) in [6.45, 7) is 1.89. The molecule has 19 heavy (non-hydrogen) atoms. The van der Waals surface area contributed by atoms with Crippen LogP contribution in [0.3, 0.4) is 0 Å². The first-order chi connectivity index (χ1) is 9.09. The zero-order chi connectivity index (χ0) is 13.6. The molecule has 2 aromatic rings. The van der Waals surface area contributed by atoms with Crippen LogP contribution in [0.1, 0.15) is 21.5 Å². The summed E-state index contributed by atoms with van der Waals surface area (Å²) in [6, 6.07) is 12.5. The topological polar surface area (TPSA) is 43.1 Å². The van der Waals surface area contributed by atoms with E-state index < -0.39 is 0 Å². The van der Waals surface area contributed by atoms with Gasteiger partial charge in [0.2, 0.25) is 5.69 Å². The summed E-state index contributed by atoms with van der Waals surface area (Å²) in [5, 5.41) is 12.4. The van der Waals surface area contributed by atoms with Crippen molar-refractivity contribution in [2.75, 3.05) is 0 Å². The quantitative estimate of drug-likeness (QED) is 0.596. The first-order valence-electron chi connectivity index (χ1n) is 5.84. The van der Waals surface area contributed by atoms with E-state index in [1.165, 1.54) is 0 Å². The van der Waals surface area contributed by atoms with Gasteiger partial charge in [0.15, 0.2) is 0 Å². The Morgan fingerprint density at radius 1 is 1.11 bits per heavy atom. The number of halogens is 1. The largest absolute Gasteiger partial charge is 0.618 e. The minimum atomic E-state index is -0.216. The van der Waals surface area contributed by atoms with E-state index in [4.69, 9.17) is 0 Å². The average Bonchev–Trinajstić information content (AvgIpc) is 2.63. The van der Waals surface area contributed by atoms with Gasteiger partial charge in [0, 0.05) is 10.5 Å². The highest BCUT2D eigenvalue weighted by atomic mass is 79.9. The molecule has 0 saturated carbocycles. The van der Waals surface area contributed by atoms with Crippen molar-refractivity contribution in [3.63, 3.8) is 0 Å². The lowest BCUT2D eigenvalue weighted by Crippen LogP contribution is -2.17. The minimum Gasteiger partial charge on any atom is -0.618 e. The van der Waals surface area contributed by atoms with E-state index in [9.17, 15) is 10.0 Å². The fraction of sp³-hybridized carbons (Fsp3) is 0.0667. The molecule has 3 nitrogen and oxygen atoms in total. The van der Waals surface area contributed by atoms with Gasteiger partial charge in [-0.25, -0.2) is 0 Å². The van der Waals surface area contributed by atoms with Gasteiger partial charge in [-0.05, 0) is 30.7 Å². The van der Waals surface area contributed by atoms with Crippen LogP contribution >= 0.6 is 15.9 Å². The second-order valence-electron chi connectivity index (χ2n) is 4.45. The lowest BCUT2D eigenvalue weighted by molar-refractivity contribution is -0.355. The molecule has 2 aromatic carbocycles. The molecular formula is C15H10BrNO2. The van der Waals surface area contributed by atoms with E-state index in [-0.39, 0.29) is 11.5 Å². The van der Waals surface area contributed by atoms with Crippen LogP contribution in [0.4, 0.5) is 5.69 Å². The van der Waals surface area contributed by atoms with Gasteiger partial charge in [-0.1, -0.05) is 34.1 Å². The standard InChI is InChI=1S/C15H10BrNO2/c1-9-4-2-3-5-11(9)14-15(18)12-7-6-10(16)8-13(12)17(14)19/h2-8H,1H3. The zero-order valence-electron chi connectivity index (χ0n) is 10.2. The number of nitrogens with zero attached hydrogens (tertiary/aromatic N) is 1. The second kappa shape index (κ2) is 4.31. The van der Waals surface area contributed by atoms with E-state index in [1.54, 1.807) is 24.3 Å². The maximum absolute atomic E-state index is 12.4. The molecule has 1 aliphatic rings. The third kappa shape index (κ3) is 1.79. The number of benzene rings is 2. The molecular weight excluding hydrogens is 306 g/mol. The molecule has 0 N–H and O–H groups in total. The Morgan fingerprint density at radius 3 is 2.58 bits per heavy atom. The summed E-state index contributed by atoms with van der Waals surface area (Å²) >= 11 is 3.32. The number of fused-ring (bicyclic) bond motifs is 1. The number of hydrogen-bond donors (Lipinski definition) is 0. The number of Topliss-reactive ketones (excluding diaryl/α,β-unsaturated/α-hetero) is 1. The normalized spacial score (nSPS) is 13.9. The van der Waals surface area contributed by atoms with Crippen molar-refractivity contribution in [3.8, 4) is 0 Å². The first-order valence-corrected chi connectivity index (χ1v) is 6.63. The summed E-state index contributed by atoms with van der Waals surface area (Å²) in [7, 11) is 0. The Kier molecular flexibility index (Phi) is 2.75. The fourth-order valence-electron chi connectivity index (χ4n) is 2.28. The molecule has 0 amide bonds. The Balaban J connectivity index is 2.25. The summed E-state index contributed by atoms with van der Waals surface area (Å²) in [4.78, 5) is 12.4.